The molecule has 0 aliphatic heterocycles. The van der Waals surface area contributed by atoms with E-state index in [-0.39, 0.29) is 6.04 Å². The second-order valence-corrected chi connectivity index (χ2v) is 7.27. The largest absolute Gasteiger partial charge is 0.319 e. The van der Waals surface area contributed by atoms with Gasteiger partial charge in [-0.25, -0.2) is 9.97 Å². The molecular weight excluding hydrogens is 332 g/mol. The van der Waals surface area contributed by atoms with Crippen LogP contribution in [0.5, 0.6) is 0 Å². The molecule has 0 fully saturated rings. The molecule has 2 heterocycles. The van der Waals surface area contributed by atoms with Crippen molar-refractivity contribution in [3.8, 4) is 0 Å². The molecule has 1 aromatic carbocycles. The number of pyridine rings is 1. The highest BCUT2D eigenvalue weighted by atomic mass is 15.1. The molecule has 2 aromatic heterocycles. The maximum atomic E-state index is 4.74. The van der Waals surface area contributed by atoms with E-state index in [1.54, 1.807) is 0 Å². The van der Waals surface area contributed by atoms with Crippen molar-refractivity contribution in [2.45, 2.75) is 47.6 Å². The molecular formula is C23H28N4. The molecule has 4 heteroatoms. The molecule has 0 N–H and O–H groups in total. The maximum Gasteiger partial charge on any atom is 0.178 e. The Morgan fingerprint density at radius 3 is 2.33 bits per heavy atom. The molecule has 3 rings (SSSR count). The topological polar surface area (TPSA) is 43.1 Å². The molecule has 0 saturated carbocycles. The Labute approximate surface area is 161 Å². The van der Waals surface area contributed by atoms with Gasteiger partial charge in [-0.1, -0.05) is 35.9 Å². The van der Waals surface area contributed by atoms with Gasteiger partial charge in [-0.15, -0.1) is 0 Å². The normalized spacial score (nSPS) is 13.1. The second kappa shape index (κ2) is 7.47. The number of fused-ring (bicyclic) bond motifs is 1. The number of imidazole rings is 1. The van der Waals surface area contributed by atoms with Crippen molar-refractivity contribution in [3.05, 3.63) is 64.6 Å². The minimum atomic E-state index is 0.183. The standard InChI is InChI=1S/C23H28N4/c1-14(2)21(16(4)24-7)20-13-25-23-22(15(20)3)27(18(6)26-23)17(5)19-11-9-8-10-12-19/h8-13,17H,1-7H3. The third-order valence-corrected chi connectivity index (χ3v) is 5.28. The van der Waals surface area contributed by atoms with Gasteiger partial charge in [-0.05, 0) is 52.7 Å². The van der Waals surface area contributed by atoms with Gasteiger partial charge in [-0.3, -0.25) is 4.99 Å². The Balaban J connectivity index is 2.29. The van der Waals surface area contributed by atoms with Gasteiger partial charge in [0.25, 0.3) is 0 Å². The molecule has 140 valence electrons. The van der Waals surface area contributed by atoms with Gasteiger partial charge in [0.1, 0.15) is 5.82 Å². The lowest BCUT2D eigenvalue weighted by atomic mass is 9.95. The number of nitrogens with zero attached hydrogens (tertiary/aromatic N) is 4. The molecule has 0 aliphatic rings. The second-order valence-electron chi connectivity index (χ2n) is 7.27. The highest BCUT2D eigenvalue weighted by Gasteiger charge is 2.21. The summed E-state index contributed by atoms with van der Waals surface area (Å²) in [4.78, 5) is 13.9. The van der Waals surface area contributed by atoms with Gasteiger partial charge < -0.3 is 4.57 Å². The average Bonchev–Trinajstić information content (AvgIpc) is 3.00. The van der Waals surface area contributed by atoms with Crippen LogP contribution in [0.15, 0.2) is 47.1 Å². The number of rotatable bonds is 4. The Kier molecular flexibility index (Phi) is 5.26. The molecule has 4 nitrogen and oxygen atoms in total. The van der Waals surface area contributed by atoms with Crippen LogP contribution in [0, 0.1) is 13.8 Å². The van der Waals surface area contributed by atoms with Crippen molar-refractivity contribution in [3.63, 3.8) is 0 Å². The molecule has 0 aliphatic carbocycles. The number of aliphatic imine (C=N–C) groups is 1. The van der Waals surface area contributed by atoms with Crippen molar-refractivity contribution in [1.82, 2.24) is 14.5 Å². The van der Waals surface area contributed by atoms with E-state index < -0.39 is 0 Å². The van der Waals surface area contributed by atoms with E-state index in [1.165, 1.54) is 22.3 Å². The summed E-state index contributed by atoms with van der Waals surface area (Å²) in [7, 11) is 1.84. The fraction of sp³-hybridized carbons (Fsp3) is 0.348. The average molecular weight is 361 g/mol. The van der Waals surface area contributed by atoms with Crippen molar-refractivity contribution >= 4 is 22.4 Å². The van der Waals surface area contributed by atoms with Crippen molar-refractivity contribution in [2.75, 3.05) is 7.05 Å². The summed E-state index contributed by atoms with van der Waals surface area (Å²) in [5, 5.41) is 0. The van der Waals surface area contributed by atoms with Crippen molar-refractivity contribution in [2.24, 2.45) is 4.99 Å². The van der Waals surface area contributed by atoms with E-state index >= 15 is 0 Å². The number of allylic oxidation sites excluding steroid dienone is 2. The van der Waals surface area contributed by atoms with E-state index in [0.717, 1.165) is 28.3 Å². The minimum Gasteiger partial charge on any atom is -0.319 e. The summed E-state index contributed by atoms with van der Waals surface area (Å²) < 4.78 is 2.30. The zero-order valence-corrected chi connectivity index (χ0v) is 17.3. The van der Waals surface area contributed by atoms with Crippen LogP contribution in [0.25, 0.3) is 16.7 Å². The number of hydrogen-bond acceptors (Lipinski definition) is 3. The molecule has 1 unspecified atom stereocenters. The van der Waals surface area contributed by atoms with Crippen LogP contribution in [0.2, 0.25) is 0 Å². The Morgan fingerprint density at radius 1 is 1.07 bits per heavy atom. The van der Waals surface area contributed by atoms with Gasteiger partial charge in [0.05, 0.1) is 11.6 Å². The van der Waals surface area contributed by atoms with Crippen LogP contribution in [0.4, 0.5) is 0 Å². The van der Waals surface area contributed by atoms with Crippen LogP contribution in [0.1, 0.15) is 56.3 Å². The molecule has 3 aromatic rings. The Hall–Kier alpha value is -2.75. The molecule has 0 spiro atoms. The highest BCUT2D eigenvalue weighted by molar-refractivity contribution is 6.24. The minimum absolute atomic E-state index is 0.183. The highest BCUT2D eigenvalue weighted by Crippen LogP contribution is 2.32. The van der Waals surface area contributed by atoms with E-state index in [1.807, 2.05) is 19.3 Å². The third kappa shape index (κ3) is 3.32. The van der Waals surface area contributed by atoms with E-state index in [4.69, 9.17) is 9.97 Å². The molecule has 0 radical (unpaired) electrons. The van der Waals surface area contributed by atoms with Gasteiger partial charge in [0.2, 0.25) is 0 Å². The Bertz CT molecular complexity index is 1040. The van der Waals surface area contributed by atoms with Gasteiger partial charge in [0, 0.05) is 30.1 Å². The number of aryl methyl sites for hydroxylation is 2. The van der Waals surface area contributed by atoms with E-state index in [2.05, 4.69) is 75.4 Å². The van der Waals surface area contributed by atoms with Gasteiger partial charge in [0.15, 0.2) is 5.65 Å². The molecule has 0 saturated heterocycles. The lowest BCUT2D eigenvalue weighted by Crippen LogP contribution is -2.10. The first-order valence-electron chi connectivity index (χ1n) is 9.37. The smallest absolute Gasteiger partial charge is 0.178 e. The van der Waals surface area contributed by atoms with Crippen molar-refractivity contribution in [1.29, 1.82) is 0 Å². The quantitative estimate of drug-likeness (QED) is 0.573. The molecule has 27 heavy (non-hydrogen) atoms. The van der Waals surface area contributed by atoms with E-state index in [9.17, 15) is 0 Å². The van der Waals surface area contributed by atoms with Crippen LogP contribution in [-0.2, 0) is 0 Å². The number of hydrogen-bond donors (Lipinski definition) is 0. The summed E-state index contributed by atoms with van der Waals surface area (Å²) in [5.74, 6) is 0.980. The summed E-state index contributed by atoms with van der Waals surface area (Å²) in [6, 6.07) is 10.7. The fourth-order valence-corrected chi connectivity index (χ4v) is 3.86. The summed E-state index contributed by atoms with van der Waals surface area (Å²) in [6.07, 6.45) is 1.94. The van der Waals surface area contributed by atoms with Gasteiger partial charge in [-0.2, -0.15) is 0 Å². The molecule has 0 bridgehead atoms. The Morgan fingerprint density at radius 2 is 1.74 bits per heavy atom. The zero-order chi connectivity index (χ0) is 19.7. The third-order valence-electron chi connectivity index (χ3n) is 5.28. The SMILES string of the molecule is CN=C(C)C(=C(C)C)c1cnc2nc(C)n(C(C)c3ccccc3)c2c1C. The zero-order valence-electron chi connectivity index (χ0n) is 17.3. The van der Waals surface area contributed by atoms with Gasteiger partial charge >= 0.3 is 0 Å². The summed E-state index contributed by atoms with van der Waals surface area (Å²) >= 11 is 0. The lowest BCUT2D eigenvalue weighted by Gasteiger charge is -2.19. The fourth-order valence-electron chi connectivity index (χ4n) is 3.86. The van der Waals surface area contributed by atoms with Crippen LogP contribution < -0.4 is 0 Å². The maximum absolute atomic E-state index is 4.74. The monoisotopic (exact) mass is 360 g/mol. The van der Waals surface area contributed by atoms with E-state index in [0.29, 0.717) is 0 Å². The predicted molar refractivity (Wildman–Crippen MR) is 115 cm³/mol. The molecule has 0 amide bonds. The summed E-state index contributed by atoms with van der Waals surface area (Å²) in [5.41, 5.74) is 8.93. The first-order valence-corrected chi connectivity index (χ1v) is 9.37. The first-order chi connectivity index (χ1) is 12.9. The van der Waals surface area contributed by atoms with Crippen LogP contribution in [-0.4, -0.2) is 27.3 Å². The number of aromatic nitrogens is 3. The molecule has 1 atom stereocenters. The predicted octanol–water partition coefficient (Wildman–Crippen LogP) is 5.54. The van der Waals surface area contributed by atoms with Crippen LogP contribution in [0.3, 0.4) is 0 Å². The number of benzene rings is 1. The van der Waals surface area contributed by atoms with Crippen LogP contribution >= 0.6 is 0 Å². The lowest BCUT2D eigenvalue weighted by molar-refractivity contribution is 0.636. The van der Waals surface area contributed by atoms with Crippen molar-refractivity contribution < 1.29 is 0 Å². The summed E-state index contributed by atoms with van der Waals surface area (Å²) in [6.45, 7) is 12.8. The first kappa shape index (κ1) is 19.0.